The summed E-state index contributed by atoms with van der Waals surface area (Å²) in [6, 6.07) is 10.2. The van der Waals surface area contributed by atoms with Gasteiger partial charge >= 0.3 is 0 Å². The minimum absolute atomic E-state index is 0.181. The molecule has 0 amide bonds. The molecular formula is C14H22O2. The normalized spacial score (nSPS) is 15.1. The van der Waals surface area contributed by atoms with Gasteiger partial charge in [0.15, 0.2) is 5.79 Å². The fourth-order valence-corrected chi connectivity index (χ4v) is 1.53. The van der Waals surface area contributed by atoms with Crippen LogP contribution in [0.5, 0.6) is 0 Å². The van der Waals surface area contributed by atoms with Crippen molar-refractivity contribution in [3.8, 4) is 0 Å². The Labute approximate surface area is 98.6 Å². The van der Waals surface area contributed by atoms with Crippen LogP contribution in [-0.4, -0.2) is 11.9 Å². The smallest absolute Gasteiger partial charge is 0.166 e. The van der Waals surface area contributed by atoms with Crippen molar-refractivity contribution in [2.45, 2.75) is 52.6 Å². The molecule has 0 spiro atoms. The first kappa shape index (κ1) is 13.2. The molecule has 1 aromatic rings. The fraction of sp³-hybridized carbons (Fsp3) is 0.571. The first-order valence-corrected chi connectivity index (χ1v) is 5.91. The summed E-state index contributed by atoms with van der Waals surface area (Å²) in [5.41, 5.74) is 1.18. The average Bonchev–Trinajstić information content (AvgIpc) is 2.27. The van der Waals surface area contributed by atoms with Crippen LogP contribution in [0.2, 0.25) is 0 Å². The first-order chi connectivity index (χ1) is 7.56. The highest BCUT2D eigenvalue weighted by Crippen LogP contribution is 2.21. The molecule has 0 saturated carbocycles. The van der Waals surface area contributed by atoms with E-state index in [4.69, 9.17) is 9.47 Å². The van der Waals surface area contributed by atoms with Crippen molar-refractivity contribution in [3.05, 3.63) is 35.9 Å². The van der Waals surface area contributed by atoms with Gasteiger partial charge in [-0.15, -0.1) is 0 Å². The highest BCUT2D eigenvalue weighted by atomic mass is 16.7. The third-order valence-electron chi connectivity index (χ3n) is 2.51. The molecule has 16 heavy (non-hydrogen) atoms. The molecule has 0 radical (unpaired) electrons. The zero-order valence-corrected chi connectivity index (χ0v) is 10.7. The Morgan fingerprint density at radius 2 is 1.81 bits per heavy atom. The zero-order chi connectivity index (χ0) is 12.0. The van der Waals surface area contributed by atoms with Gasteiger partial charge in [-0.1, -0.05) is 37.3 Å². The number of hydrogen-bond donors (Lipinski definition) is 0. The standard InChI is InChI=1S/C14H22O2/c1-5-14(4,16-12(2)3)15-11-13-9-7-6-8-10-13/h6-10,12H,5,11H2,1-4H3. The van der Waals surface area contributed by atoms with E-state index >= 15 is 0 Å². The van der Waals surface area contributed by atoms with E-state index in [0.29, 0.717) is 6.61 Å². The molecule has 2 nitrogen and oxygen atoms in total. The maximum Gasteiger partial charge on any atom is 0.166 e. The van der Waals surface area contributed by atoms with E-state index in [0.717, 1.165) is 6.42 Å². The van der Waals surface area contributed by atoms with Crippen LogP contribution in [0.1, 0.15) is 39.7 Å². The van der Waals surface area contributed by atoms with Crippen LogP contribution in [0.4, 0.5) is 0 Å². The highest BCUT2D eigenvalue weighted by Gasteiger charge is 2.24. The highest BCUT2D eigenvalue weighted by molar-refractivity contribution is 5.13. The molecule has 1 aromatic carbocycles. The van der Waals surface area contributed by atoms with Crippen LogP contribution >= 0.6 is 0 Å². The number of ether oxygens (including phenoxy) is 2. The van der Waals surface area contributed by atoms with Gasteiger partial charge in [0.2, 0.25) is 0 Å². The summed E-state index contributed by atoms with van der Waals surface area (Å²) in [7, 11) is 0. The molecule has 1 rings (SSSR count). The summed E-state index contributed by atoms with van der Waals surface area (Å²) < 4.78 is 11.6. The van der Waals surface area contributed by atoms with Crippen molar-refractivity contribution in [2.75, 3.05) is 0 Å². The summed E-state index contributed by atoms with van der Waals surface area (Å²) >= 11 is 0. The van der Waals surface area contributed by atoms with Crippen LogP contribution < -0.4 is 0 Å². The molecule has 0 aromatic heterocycles. The number of benzene rings is 1. The van der Waals surface area contributed by atoms with Gasteiger partial charge in [-0.25, -0.2) is 0 Å². The second-order valence-corrected chi connectivity index (χ2v) is 4.43. The van der Waals surface area contributed by atoms with Crippen molar-refractivity contribution in [3.63, 3.8) is 0 Å². The molecule has 0 fully saturated rings. The van der Waals surface area contributed by atoms with E-state index in [-0.39, 0.29) is 6.10 Å². The SMILES string of the molecule is CCC(C)(OCc1ccccc1)OC(C)C. The molecule has 0 aliphatic carbocycles. The van der Waals surface area contributed by atoms with E-state index in [9.17, 15) is 0 Å². The molecule has 0 aliphatic rings. The van der Waals surface area contributed by atoms with Gasteiger partial charge in [-0.2, -0.15) is 0 Å². The van der Waals surface area contributed by atoms with Crippen LogP contribution in [0.15, 0.2) is 30.3 Å². The Balaban J connectivity index is 2.51. The topological polar surface area (TPSA) is 18.5 Å². The molecule has 1 atom stereocenters. The van der Waals surface area contributed by atoms with Gasteiger partial charge in [0.1, 0.15) is 0 Å². The Morgan fingerprint density at radius 3 is 2.31 bits per heavy atom. The van der Waals surface area contributed by atoms with Gasteiger partial charge in [0, 0.05) is 0 Å². The van der Waals surface area contributed by atoms with Gasteiger partial charge in [-0.05, 0) is 32.8 Å². The van der Waals surface area contributed by atoms with Crippen molar-refractivity contribution in [1.29, 1.82) is 0 Å². The fourth-order valence-electron chi connectivity index (χ4n) is 1.53. The molecule has 0 saturated heterocycles. The van der Waals surface area contributed by atoms with Gasteiger partial charge in [0.25, 0.3) is 0 Å². The third-order valence-corrected chi connectivity index (χ3v) is 2.51. The lowest BCUT2D eigenvalue weighted by Gasteiger charge is -2.31. The van der Waals surface area contributed by atoms with Gasteiger partial charge < -0.3 is 9.47 Å². The summed E-state index contributed by atoms with van der Waals surface area (Å²) in [5, 5.41) is 0. The summed E-state index contributed by atoms with van der Waals surface area (Å²) in [6.07, 6.45) is 1.03. The number of hydrogen-bond acceptors (Lipinski definition) is 2. The lowest BCUT2D eigenvalue weighted by molar-refractivity contribution is -0.249. The van der Waals surface area contributed by atoms with E-state index in [2.05, 4.69) is 19.1 Å². The molecular weight excluding hydrogens is 200 g/mol. The number of rotatable bonds is 6. The van der Waals surface area contributed by atoms with Crippen molar-refractivity contribution in [2.24, 2.45) is 0 Å². The van der Waals surface area contributed by atoms with Crippen LogP contribution in [0.3, 0.4) is 0 Å². The van der Waals surface area contributed by atoms with Crippen LogP contribution in [-0.2, 0) is 16.1 Å². The average molecular weight is 222 g/mol. The van der Waals surface area contributed by atoms with Gasteiger partial charge in [-0.3, -0.25) is 0 Å². The van der Waals surface area contributed by atoms with Crippen LogP contribution in [0.25, 0.3) is 0 Å². The second-order valence-electron chi connectivity index (χ2n) is 4.43. The maximum absolute atomic E-state index is 5.85. The molecule has 0 heterocycles. The minimum Gasteiger partial charge on any atom is -0.348 e. The zero-order valence-electron chi connectivity index (χ0n) is 10.7. The Hall–Kier alpha value is -0.860. The Kier molecular flexibility index (Phi) is 4.97. The summed E-state index contributed by atoms with van der Waals surface area (Å²) in [6.45, 7) is 8.72. The van der Waals surface area contributed by atoms with Gasteiger partial charge in [0.05, 0.1) is 12.7 Å². The lowest BCUT2D eigenvalue weighted by Crippen LogP contribution is -2.34. The monoisotopic (exact) mass is 222 g/mol. The van der Waals surface area contributed by atoms with Crippen molar-refractivity contribution in [1.82, 2.24) is 0 Å². The predicted octanol–water partition coefficient (Wildman–Crippen LogP) is 3.75. The Morgan fingerprint density at radius 1 is 1.19 bits per heavy atom. The molecule has 90 valence electrons. The Bertz CT molecular complexity index is 295. The molecule has 0 aliphatic heterocycles. The predicted molar refractivity (Wildman–Crippen MR) is 66.1 cm³/mol. The quantitative estimate of drug-likeness (QED) is 0.682. The lowest BCUT2D eigenvalue weighted by atomic mass is 10.2. The molecule has 1 unspecified atom stereocenters. The molecule has 0 N–H and O–H groups in total. The third kappa shape index (κ3) is 4.33. The van der Waals surface area contributed by atoms with E-state index in [1.54, 1.807) is 0 Å². The van der Waals surface area contributed by atoms with E-state index in [1.807, 2.05) is 39.0 Å². The maximum atomic E-state index is 5.85. The second kappa shape index (κ2) is 6.02. The summed E-state index contributed by atoms with van der Waals surface area (Å²) in [4.78, 5) is 0. The van der Waals surface area contributed by atoms with Crippen molar-refractivity contribution < 1.29 is 9.47 Å². The minimum atomic E-state index is -0.482. The van der Waals surface area contributed by atoms with E-state index < -0.39 is 5.79 Å². The first-order valence-electron chi connectivity index (χ1n) is 5.91. The van der Waals surface area contributed by atoms with Crippen LogP contribution in [0, 0.1) is 0 Å². The van der Waals surface area contributed by atoms with E-state index in [1.165, 1.54) is 5.56 Å². The molecule has 0 bridgehead atoms. The molecule has 2 heteroatoms. The summed E-state index contributed by atoms with van der Waals surface area (Å²) in [5.74, 6) is -0.482. The van der Waals surface area contributed by atoms with Crippen molar-refractivity contribution >= 4 is 0 Å². The largest absolute Gasteiger partial charge is 0.348 e.